The van der Waals surface area contributed by atoms with E-state index in [0.29, 0.717) is 11.3 Å². The molecular formula is C11H14FNO2. The molecule has 4 heteroatoms. The van der Waals surface area contributed by atoms with Gasteiger partial charge in [0.2, 0.25) is 5.91 Å². The lowest BCUT2D eigenvalue weighted by atomic mass is 9.96. The number of benzene rings is 1. The molecule has 1 unspecified atom stereocenters. The molecule has 15 heavy (non-hydrogen) atoms. The number of nitrogens with two attached hydrogens (primary N) is 1. The van der Waals surface area contributed by atoms with Crippen LogP contribution in [0.4, 0.5) is 4.39 Å². The summed E-state index contributed by atoms with van der Waals surface area (Å²) in [5, 5.41) is 0. The highest BCUT2D eigenvalue weighted by Crippen LogP contribution is 2.29. The molecule has 1 rings (SSSR count). The third kappa shape index (κ3) is 2.94. The number of hydrogen-bond acceptors (Lipinski definition) is 2. The van der Waals surface area contributed by atoms with Gasteiger partial charge in [0.25, 0.3) is 0 Å². The molecule has 0 heterocycles. The van der Waals surface area contributed by atoms with Crippen molar-refractivity contribution >= 4 is 5.91 Å². The highest BCUT2D eigenvalue weighted by molar-refractivity contribution is 5.74. The number of hydrogen-bond donors (Lipinski definition) is 1. The maximum absolute atomic E-state index is 13.0. The van der Waals surface area contributed by atoms with Gasteiger partial charge in [-0.15, -0.1) is 0 Å². The molecule has 0 aliphatic rings. The molecule has 1 atom stereocenters. The first kappa shape index (κ1) is 11.5. The molecule has 0 bridgehead atoms. The number of carbonyl (C=O) groups excluding carboxylic acids is 1. The van der Waals surface area contributed by atoms with Crippen LogP contribution >= 0.6 is 0 Å². The first-order chi connectivity index (χ1) is 7.04. The van der Waals surface area contributed by atoms with E-state index in [0.717, 1.165) is 0 Å². The SMILES string of the molecule is COc1ccc(F)cc1C(C)CC(N)=O. The summed E-state index contributed by atoms with van der Waals surface area (Å²) in [6.07, 6.45) is 0.180. The van der Waals surface area contributed by atoms with Crippen LogP contribution in [0.1, 0.15) is 24.8 Å². The maximum atomic E-state index is 13.0. The Morgan fingerprint density at radius 2 is 2.27 bits per heavy atom. The number of halogens is 1. The van der Waals surface area contributed by atoms with Crippen LogP contribution in [0, 0.1) is 5.82 Å². The van der Waals surface area contributed by atoms with E-state index in [9.17, 15) is 9.18 Å². The average molecular weight is 211 g/mol. The summed E-state index contributed by atoms with van der Waals surface area (Å²) in [5.41, 5.74) is 5.75. The number of methoxy groups -OCH3 is 1. The minimum atomic E-state index is -0.409. The van der Waals surface area contributed by atoms with Crippen LogP contribution in [-0.4, -0.2) is 13.0 Å². The molecule has 0 fully saturated rings. The molecule has 1 aromatic carbocycles. The van der Waals surface area contributed by atoms with Crippen LogP contribution < -0.4 is 10.5 Å². The summed E-state index contributed by atoms with van der Waals surface area (Å²) in [6, 6.07) is 4.23. The second-order valence-electron chi connectivity index (χ2n) is 3.46. The molecule has 0 aliphatic carbocycles. The van der Waals surface area contributed by atoms with Gasteiger partial charge in [-0.1, -0.05) is 6.92 Å². The van der Waals surface area contributed by atoms with Gasteiger partial charge in [-0.05, 0) is 24.1 Å². The Morgan fingerprint density at radius 1 is 1.60 bits per heavy atom. The van der Waals surface area contributed by atoms with Gasteiger partial charge in [-0.25, -0.2) is 4.39 Å². The Hall–Kier alpha value is -1.58. The van der Waals surface area contributed by atoms with Crippen LogP contribution in [0.25, 0.3) is 0 Å². The van der Waals surface area contributed by atoms with Crippen molar-refractivity contribution in [2.24, 2.45) is 5.73 Å². The van der Waals surface area contributed by atoms with E-state index in [-0.39, 0.29) is 18.2 Å². The van der Waals surface area contributed by atoms with Gasteiger partial charge in [-0.2, -0.15) is 0 Å². The Kier molecular flexibility index (Phi) is 3.66. The molecule has 0 aliphatic heterocycles. The zero-order valence-corrected chi connectivity index (χ0v) is 8.79. The first-order valence-electron chi connectivity index (χ1n) is 4.66. The molecule has 0 aromatic heterocycles. The zero-order valence-electron chi connectivity index (χ0n) is 8.79. The highest BCUT2D eigenvalue weighted by atomic mass is 19.1. The second kappa shape index (κ2) is 4.77. The summed E-state index contributed by atoms with van der Waals surface area (Å²) in [4.78, 5) is 10.8. The molecule has 1 aromatic rings. The lowest BCUT2D eigenvalue weighted by molar-refractivity contribution is -0.118. The topological polar surface area (TPSA) is 52.3 Å². The van der Waals surface area contributed by atoms with Crippen molar-refractivity contribution in [2.45, 2.75) is 19.3 Å². The third-order valence-corrected chi connectivity index (χ3v) is 2.23. The van der Waals surface area contributed by atoms with E-state index in [1.54, 1.807) is 6.07 Å². The number of carbonyl (C=O) groups is 1. The molecule has 0 saturated carbocycles. The zero-order chi connectivity index (χ0) is 11.4. The fraction of sp³-hybridized carbons (Fsp3) is 0.364. The van der Waals surface area contributed by atoms with Crippen LogP contribution in [0.2, 0.25) is 0 Å². The summed E-state index contributed by atoms with van der Waals surface area (Å²) >= 11 is 0. The van der Waals surface area contributed by atoms with E-state index in [2.05, 4.69) is 0 Å². The van der Waals surface area contributed by atoms with Gasteiger partial charge in [0, 0.05) is 12.0 Å². The fourth-order valence-electron chi connectivity index (χ4n) is 1.50. The van der Waals surface area contributed by atoms with Crippen LogP contribution in [-0.2, 0) is 4.79 Å². The standard InChI is InChI=1S/C11H14FNO2/c1-7(5-11(13)14)9-6-8(12)3-4-10(9)15-2/h3-4,6-7H,5H2,1-2H3,(H2,13,14). The molecule has 0 radical (unpaired) electrons. The van der Waals surface area contributed by atoms with Crippen LogP contribution in [0.5, 0.6) is 5.75 Å². The lowest BCUT2D eigenvalue weighted by Gasteiger charge is -2.14. The molecule has 0 spiro atoms. The van der Waals surface area contributed by atoms with E-state index in [1.165, 1.54) is 19.2 Å². The molecule has 0 saturated heterocycles. The predicted octanol–water partition coefficient (Wildman–Crippen LogP) is 1.81. The summed E-state index contributed by atoms with van der Waals surface area (Å²) in [6.45, 7) is 1.81. The van der Waals surface area contributed by atoms with Crippen molar-refractivity contribution in [3.8, 4) is 5.75 Å². The molecule has 82 valence electrons. The summed E-state index contributed by atoms with van der Waals surface area (Å²) in [5.74, 6) is -0.325. The van der Waals surface area contributed by atoms with E-state index in [4.69, 9.17) is 10.5 Å². The number of rotatable bonds is 4. The van der Waals surface area contributed by atoms with E-state index in [1.807, 2.05) is 6.92 Å². The van der Waals surface area contributed by atoms with Crippen molar-refractivity contribution in [1.29, 1.82) is 0 Å². The van der Waals surface area contributed by atoms with E-state index < -0.39 is 5.91 Å². The van der Waals surface area contributed by atoms with Gasteiger partial charge < -0.3 is 10.5 Å². The fourth-order valence-corrected chi connectivity index (χ4v) is 1.50. The second-order valence-corrected chi connectivity index (χ2v) is 3.46. The summed E-state index contributed by atoms with van der Waals surface area (Å²) < 4.78 is 18.1. The Morgan fingerprint density at radius 3 is 2.80 bits per heavy atom. The molecule has 2 N–H and O–H groups in total. The Balaban J connectivity index is 2.99. The van der Waals surface area contributed by atoms with Gasteiger partial charge in [-0.3, -0.25) is 4.79 Å². The highest BCUT2D eigenvalue weighted by Gasteiger charge is 2.14. The third-order valence-electron chi connectivity index (χ3n) is 2.23. The van der Waals surface area contributed by atoms with Gasteiger partial charge in [0.1, 0.15) is 11.6 Å². The van der Waals surface area contributed by atoms with Gasteiger partial charge >= 0.3 is 0 Å². The first-order valence-corrected chi connectivity index (χ1v) is 4.66. The predicted molar refractivity (Wildman–Crippen MR) is 55.2 cm³/mol. The molecule has 1 amide bonds. The smallest absolute Gasteiger partial charge is 0.218 e. The van der Waals surface area contributed by atoms with Crippen molar-refractivity contribution < 1.29 is 13.9 Å². The quantitative estimate of drug-likeness (QED) is 0.825. The minimum absolute atomic E-state index is 0.145. The Labute approximate surface area is 88.0 Å². The summed E-state index contributed by atoms with van der Waals surface area (Å²) in [7, 11) is 1.51. The van der Waals surface area contributed by atoms with Crippen LogP contribution in [0.15, 0.2) is 18.2 Å². The van der Waals surface area contributed by atoms with Crippen molar-refractivity contribution in [2.75, 3.05) is 7.11 Å². The number of primary amides is 1. The Bertz CT molecular complexity index is 366. The van der Waals surface area contributed by atoms with Gasteiger partial charge in [0.15, 0.2) is 0 Å². The van der Waals surface area contributed by atoms with Crippen LogP contribution in [0.3, 0.4) is 0 Å². The largest absolute Gasteiger partial charge is 0.496 e. The van der Waals surface area contributed by atoms with Crippen molar-refractivity contribution in [3.05, 3.63) is 29.6 Å². The van der Waals surface area contributed by atoms with Crippen molar-refractivity contribution in [1.82, 2.24) is 0 Å². The number of amides is 1. The maximum Gasteiger partial charge on any atom is 0.218 e. The lowest BCUT2D eigenvalue weighted by Crippen LogP contribution is -2.14. The molecule has 3 nitrogen and oxygen atoms in total. The average Bonchev–Trinajstić information content (AvgIpc) is 2.16. The number of ether oxygens (including phenoxy) is 1. The minimum Gasteiger partial charge on any atom is -0.496 e. The van der Waals surface area contributed by atoms with E-state index >= 15 is 0 Å². The molecular weight excluding hydrogens is 197 g/mol. The van der Waals surface area contributed by atoms with Gasteiger partial charge in [0.05, 0.1) is 7.11 Å². The van der Waals surface area contributed by atoms with Crippen molar-refractivity contribution in [3.63, 3.8) is 0 Å². The normalized spacial score (nSPS) is 12.2. The monoisotopic (exact) mass is 211 g/mol.